The van der Waals surface area contributed by atoms with Crippen molar-refractivity contribution in [3.8, 4) is 0 Å². The zero-order valence-corrected chi connectivity index (χ0v) is 13.7. The van der Waals surface area contributed by atoms with Crippen LogP contribution in [0.2, 0.25) is 0 Å². The third kappa shape index (κ3) is 7.00. The largest absolute Gasteiger partial charge is 0.509 e. The van der Waals surface area contributed by atoms with Gasteiger partial charge in [-0.25, -0.2) is 13.8 Å². The summed E-state index contributed by atoms with van der Waals surface area (Å²) >= 11 is 0. The molecule has 0 radical (unpaired) electrons. The molecule has 19 heavy (non-hydrogen) atoms. The Balaban J connectivity index is 4.88. The molecule has 116 valence electrons. The van der Waals surface area contributed by atoms with Crippen LogP contribution >= 0.6 is 15.4 Å². The highest BCUT2D eigenvalue weighted by Gasteiger charge is 2.41. The lowest BCUT2D eigenvalue weighted by Gasteiger charge is -2.23. The predicted molar refractivity (Wildman–Crippen MR) is 71.8 cm³/mol. The summed E-state index contributed by atoms with van der Waals surface area (Å²) in [5.74, 6) is 0. The molecule has 2 atom stereocenters. The van der Waals surface area contributed by atoms with Gasteiger partial charge in [0.1, 0.15) is 0 Å². The zero-order valence-electron chi connectivity index (χ0n) is 11.9. The summed E-state index contributed by atoms with van der Waals surface area (Å²) in [6, 6.07) is 0. The molecule has 0 amide bonds. The Morgan fingerprint density at radius 2 is 1.68 bits per heavy atom. The molecule has 1 N–H and O–H groups in total. The maximum absolute atomic E-state index is 12.2. The lowest BCUT2D eigenvalue weighted by Crippen LogP contribution is -2.10. The lowest BCUT2D eigenvalue weighted by molar-refractivity contribution is -0.219. The van der Waals surface area contributed by atoms with Crippen molar-refractivity contribution in [1.29, 1.82) is 0 Å². The Morgan fingerprint density at radius 1 is 1.11 bits per heavy atom. The molecule has 2 unspecified atom stereocenters. The van der Waals surface area contributed by atoms with Crippen molar-refractivity contribution in [2.75, 3.05) is 13.2 Å². The molecular formula is C10H24O7P2. The molecule has 0 aromatic carbocycles. The summed E-state index contributed by atoms with van der Waals surface area (Å²) in [4.78, 5) is 14.4. The Hall–Kier alpha value is 0.260. The van der Waals surface area contributed by atoms with Gasteiger partial charge in [0.25, 0.3) is 0 Å². The molecule has 0 aliphatic rings. The van der Waals surface area contributed by atoms with Crippen LogP contribution in [0.25, 0.3) is 0 Å². The van der Waals surface area contributed by atoms with E-state index in [1.165, 1.54) is 0 Å². The van der Waals surface area contributed by atoms with E-state index in [2.05, 4.69) is 9.56 Å². The van der Waals surface area contributed by atoms with Crippen LogP contribution in [0.5, 0.6) is 0 Å². The van der Waals surface area contributed by atoms with Crippen molar-refractivity contribution in [3.05, 3.63) is 0 Å². The topological polar surface area (TPSA) is 91.3 Å². The van der Waals surface area contributed by atoms with Crippen molar-refractivity contribution in [2.45, 2.75) is 52.6 Å². The molecule has 0 heterocycles. The van der Waals surface area contributed by atoms with Gasteiger partial charge in [0.05, 0.1) is 18.9 Å². The van der Waals surface area contributed by atoms with Gasteiger partial charge >= 0.3 is 15.4 Å². The highest BCUT2D eigenvalue weighted by atomic mass is 31.3. The van der Waals surface area contributed by atoms with Crippen molar-refractivity contribution < 1.29 is 32.4 Å². The number of rotatable bonds is 11. The second-order valence-electron chi connectivity index (χ2n) is 3.88. The molecule has 0 aliphatic carbocycles. The van der Waals surface area contributed by atoms with Crippen LogP contribution in [-0.2, 0) is 27.5 Å². The van der Waals surface area contributed by atoms with Crippen molar-refractivity contribution >= 4 is 15.4 Å². The third-order valence-corrected chi connectivity index (χ3v) is 6.51. The Kier molecular flexibility index (Phi) is 9.37. The number of phosphoric acid groups is 1. The molecular weight excluding hydrogens is 294 g/mol. The molecule has 0 spiro atoms. The predicted octanol–water partition coefficient (Wildman–Crippen LogP) is 3.88. The summed E-state index contributed by atoms with van der Waals surface area (Å²) in [7, 11) is -8.29. The quantitative estimate of drug-likeness (QED) is 0.351. The first kappa shape index (κ1) is 19.3. The first-order chi connectivity index (χ1) is 8.85. The van der Waals surface area contributed by atoms with Crippen LogP contribution in [-0.4, -0.2) is 23.8 Å². The minimum atomic E-state index is -4.19. The lowest BCUT2D eigenvalue weighted by atomic mass is 10.3. The third-order valence-electron chi connectivity index (χ3n) is 2.34. The molecule has 0 aliphatic heterocycles. The van der Waals surface area contributed by atoms with Gasteiger partial charge in [-0.3, -0.25) is 9.09 Å². The highest BCUT2D eigenvalue weighted by Crippen LogP contribution is 2.66. The zero-order chi connectivity index (χ0) is 14.9. The molecule has 0 saturated heterocycles. The van der Waals surface area contributed by atoms with Crippen molar-refractivity contribution in [3.63, 3.8) is 0 Å². The molecule has 9 heteroatoms. The molecule has 0 aromatic rings. The van der Waals surface area contributed by atoms with Crippen LogP contribution in [0.1, 0.15) is 47.0 Å². The SMILES string of the molecule is CCCOP(=O)(OOCC)OP(=O)(O)C(CC)CC. The van der Waals surface area contributed by atoms with Gasteiger partial charge in [-0.15, -0.1) is 4.67 Å². The van der Waals surface area contributed by atoms with E-state index in [0.717, 1.165) is 0 Å². The smallest absolute Gasteiger partial charge is 0.324 e. The van der Waals surface area contributed by atoms with Gasteiger partial charge in [0, 0.05) is 0 Å². The van der Waals surface area contributed by atoms with Crippen LogP contribution in [0, 0.1) is 0 Å². The van der Waals surface area contributed by atoms with Crippen LogP contribution in [0.15, 0.2) is 0 Å². The van der Waals surface area contributed by atoms with Gasteiger partial charge < -0.3 is 4.89 Å². The fourth-order valence-electron chi connectivity index (χ4n) is 1.34. The molecule has 0 rings (SSSR count). The molecule has 0 saturated carbocycles. The summed E-state index contributed by atoms with van der Waals surface area (Å²) in [6.45, 7) is 7.11. The Bertz CT molecular complexity index is 318. The second-order valence-corrected chi connectivity index (χ2v) is 7.69. The van der Waals surface area contributed by atoms with Crippen LogP contribution in [0.3, 0.4) is 0 Å². The minimum absolute atomic E-state index is 0.0767. The standard InChI is InChI=1S/C10H24O7P2/c1-5-9-15-19(13,16-14-8-4)17-18(11,12)10(6-2)7-3/h10H,5-9H2,1-4H3,(H,11,12). The first-order valence-corrected chi connectivity index (χ1v) is 9.55. The Labute approximate surface area is 114 Å². The molecule has 0 fully saturated rings. The van der Waals surface area contributed by atoms with Gasteiger partial charge in [0.15, 0.2) is 0 Å². The fraction of sp³-hybridized carbons (Fsp3) is 1.00. The van der Waals surface area contributed by atoms with E-state index in [9.17, 15) is 14.0 Å². The summed E-state index contributed by atoms with van der Waals surface area (Å²) in [5, 5.41) is 0. The van der Waals surface area contributed by atoms with Gasteiger partial charge in [-0.2, -0.15) is 0 Å². The average molecular weight is 318 g/mol. The maximum Gasteiger partial charge on any atom is 0.509 e. The minimum Gasteiger partial charge on any atom is -0.324 e. The van der Waals surface area contributed by atoms with Crippen molar-refractivity contribution in [1.82, 2.24) is 0 Å². The van der Waals surface area contributed by atoms with Crippen LogP contribution in [0.4, 0.5) is 0 Å². The van der Waals surface area contributed by atoms with E-state index in [0.29, 0.717) is 19.3 Å². The first-order valence-electron chi connectivity index (χ1n) is 6.44. The Morgan fingerprint density at radius 3 is 2.11 bits per heavy atom. The molecule has 0 bridgehead atoms. The number of hydrogen-bond acceptors (Lipinski definition) is 6. The average Bonchev–Trinajstić information content (AvgIpc) is 2.34. The molecule has 7 nitrogen and oxygen atoms in total. The van der Waals surface area contributed by atoms with E-state index in [1.54, 1.807) is 27.7 Å². The van der Waals surface area contributed by atoms with E-state index < -0.39 is 21.1 Å². The van der Waals surface area contributed by atoms with Gasteiger partial charge in [-0.1, -0.05) is 20.8 Å². The summed E-state index contributed by atoms with van der Waals surface area (Å²) < 4.78 is 38.4. The van der Waals surface area contributed by atoms with Crippen LogP contribution < -0.4 is 0 Å². The van der Waals surface area contributed by atoms with E-state index in [1.807, 2.05) is 0 Å². The van der Waals surface area contributed by atoms with E-state index in [-0.39, 0.29) is 13.2 Å². The fourth-order valence-corrected chi connectivity index (χ4v) is 4.92. The maximum atomic E-state index is 12.2. The van der Waals surface area contributed by atoms with E-state index >= 15 is 0 Å². The highest BCUT2D eigenvalue weighted by molar-refractivity contribution is 7.64. The normalized spacial score (nSPS) is 18.2. The monoisotopic (exact) mass is 318 g/mol. The number of hydrogen-bond donors (Lipinski definition) is 1. The van der Waals surface area contributed by atoms with E-state index in [4.69, 9.17) is 8.83 Å². The molecule has 0 aromatic heterocycles. The summed E-state index contributed by atoms with van der Waals surface area (Å²) in [6.07, 6.45) is 1.41. The van der Waals surface area contributed by atoms with Gasteiger partial charge in [0.2, 0.25) is 0 Å². The van der Waals surface area contributed by atoms with Crippen molar-refractivity contribution in [2.24, 2.45) is 0 Å². The van der Waals surface area contributed by atoms with Gasteiger partial charge in [-0.05, 0) is 26.2 Å². The second kappa shape index (κ2) is 9.24. The summed E-state index contributed by atoms with van der Waals surface area (Å²) in [5.41, 5.74) is -0.615.